The Balaban J connectivity index is 1.96. The van der Waals surface area contributed by atoms with Crippen molar-refractivity contribution in [3.63, 3.8) is 0 Å². The van der Waals surface area contributed by atoms with Gasteiger partial charge in [0.15, 0.2) is 0 Å². The summed E-state index contributed by atoms with van der Waals surface area (Å²) in [5.41, 5.74) is 0.802. The molecule has 0 bridgehead atoms. The number of tetrazole rings is 1. The minimum Gasteiger partial charge on any atom is -0.353 e. The third-order valence-corrected chi connectivity index (χ3v) is 4.14. The maximum Gasteiger partial charge on any atom is 0.230 e. The molecule has 0 spiro atoms. The van der Waals surface area contributed by atoms with Crippen LogP contribution in [0.25, 0.3) is 5.69 Å². The molecule has 0 aliphatic carbocycles. The van der Waals surface area contributed by atoms with Gasteiger partial charge in [-0.25, -0.2) is 0 Å². The van der Waals surface area contributed by atoms with E-state index in [1.807, 2.05) is 19.1 Å². The van der Waals surface area contributed by atoms with Crippen LogP contribution >= 0.6 is 23.4 Å². The van der Waals surface area contributed by atoms with Crippen molar-refractivity contribution in [2.24, 2.45) is 0 Å². The number of nitrogens with zero attached hydrogens (tertiary/aromatic N) is 4. The molecule has 1 heterocycles. The van der Waals surface area contributed by atoms with Crippen molar-refractivity contribution in [2.75, 3.05) is 5.75 Å². The summed E-state index contributed by atoms with van der Waals surface area (Å²) < 4.78 is 1.59. The average molecular weight is 340 g/mol. The van der Waals surface area contributed by atoms with Crippen molar-refractivity contribution in [2.45, 2.75) is 37.9 Å². The second kappa shape index (κ2) is 8.14. The molecule has 0 unspecified atom stereocenters. The predicted octanol–water partition coefficient (Wildman–Crippen LogP) is 2.71. The van der Waals surface area contributed by atoms with Gasteiger partial charge in [-0.1, -0.05) is 36.7 Å². The van der Waals surface area contributed by atoms with Crippen LogP contribution in [-0.4, -0.2) is 37.9 Å². The summed E-state index contributed by atoms with van der Waals surface area (Å²) in [7, 11) is 0. The van der Waals surface area contributed by atoms with Gasteiger partial charge in [0.05, 0.1) is 11.4 Å². The zero-order chi connectivity index (χ0) is 15.9. The van der Waals surface area contributed by atoms with Crippen LogP contribution in [0.2, 0.25) is 5.02 Å². The molecule has 2 aromatic rings. The van der Waals surface area contributed by atoms with Gasteiger partial charge < -0.3 is 5.32 Å². The van der Waals surface area contributed by atoms with Crippen molar-refractivity contribution < 1.29 is 4.79 Å². The lowest BCUT2D eigenvalue weighted by Crippen LogP contribution is -2.33. The van der Waals surface area contributed by atoms with Crippen LogP contribution in [0.3, 0.4) is 0 Å². The standard InChI is InChI=1S/C14H18ClN5OS/c1-3-4-10(2)16-13(21)9-22-14-17-18-19-20(14)12-7-5-11(15)6-8-12/h5-8,10H,3-4,9H2,1-2H3,(H,16,21)/t10-/m1/s1. The number of carbonyl (C=O) groups excluding carboxylic acids is 1. The van der Waals surface area contributed by atoms with Gasteiger partial charge in [-0.2, -0.15) is 4.68 Å². The number of hydrogen-bond donors (Lipinski definition) is 1. The Morgan fingerprint density at radius 1 is 1.41 bits per heavy atom. The number of nitrogens with one attached hydrogen (secondary N) is 1. The highest BCUT2D eigenvalue weighted by Crippen LogP contribution is 2.19. The van der Waals surface area contributed by atoms with Crippen LogP contribution in [-0.2, 0) is 4.79 Å². The smallest absolute Gasteiger partial charge is 0.230 e. The van der Waals surface area contributed by atoms with Crippen LogP contribution in [0.4, 0.5) is 0 Å². The average Bonchev–Trinajstić information content (AvgIpc) is 2.94. The Hall–Kier alpha value is -1.60. The molecule has 2 rings (SSSR count). The lowest BCUT2D eigenvalue weighted by molar-refractivity contribution is -0.119. The number of carbonyl (C=O) groups is 1. The highest BCUT2D eigenvalue weighted by atomic mass is 35.5. The van der Waals surface area contributed by atoms with Gasteiger partial charge >= 0.3 is 0 Å². The fourth-order valence-electron chi connectivity index (χ4n) is 1.97. The third-order valence-electron chi connectivity index (χ3n) is 2.97. The zero-order valence-electron chi connectivity index (χ0n) is 12.5. The number of thioether (sulfide) groups is 1. The zero-order valence-corrected chi connectivity index (χ0v) is 14.1. The molecule has 1 atom stereocenters. The quantitative estimate of drug-likeness (QED) is 0.785. The summed E-state index contributed by atoms with van der Waals surface area (Å²) in [6.45, 7) is 4.10. The second-order valence-corrected chi connectivity index (χ2v) is 6.27. The minimum absolute atomic E-state index is 0.0170. The second-order valence-electron chi connectivity index (χ2n) is 4.90. The molecule has 0 aliphatic heterocycles. The topological polar surface area (TPSA) is 72.7 Å². The van der Waals surface area contributed by atoms with Gasteiger partial charge in [0.1, 0.15) is 0 Å². The van der Waals surface area contributed by atoms with Gasteiger partial charge in [0, 0.05) is 11.1 Å². The molecule has 8 heteroatoms. The van der Waals surface area contributed by atoms with Gasteiger partial charge in [0.25, 0.3) is 0 Å². The third kappa shape index (κ3) is 4.71. The van der Waals surface area contributed by atoms with E-state index in [1.165, 1.54) is 11.8 Å². The van der Waals surface area contributed by atoms with Crippen molar-refractivity contribution in [1.82, 2.24) is 25.5 Å². The van der Waals surface area contributed by atoms with E-state index < -0.39 is 0 Å². The van der Waals surface area contributed by atoms with Crippen molar-refractivity contribution >= 4 is 29.3 Å². The van der Waals surface area contributed by atoms with E-state index in [4.69, 9.17) is 11.6 Å². The van der Waals surface area contributed by atoms with Gasteiger partial charge in [-0.3, -0.25) is 4.79 Å². The summed E-state index contributed by atoms with van der Waals surface area (Å²) in [5.74, 6) is 0.263. The first-order valence-corrected chi connectivity index (χ1v) is 8.43. The van der Waals surface area contributed by atoms with Gasteiger partial charge in [-0.05, 0) is 48.0 Å². The number of rotatable bonds is 7. The summed E-state index contributed by atoms with van der Waals surface area (Å²) in [6, 6.07) is 7.38. The fraction of sp³-hybridized carbons (Fsp3) is 0.429. The number of hydrogen-bond acceptors (Lipinski definition) is 5. The Kier molecular flexibility index (Phi) is 6.21. The molecule has 0 saturated heterocycles. The highest BCUT2D eigenvalue weighted by molar-refractivity contribution is 7.99. The maximum absolute atomic E-state index is 11.9. The van der Waals surface area contributed by atoms with E-state index in [1.54, 1.807) is 16.8 Å². The lowest BCUT2D eigenvalue weighted by atomic mass is 10.2. The Morgan fingerprint density at radius 2 is 2.14 bits per heavy atom. The molecule has 0 radical (unpaired) electrons. The van der Waals surface area contributed by atoms with E-state index in [0.717, 1.165) is 18.5 Å². The molecular formula is C14H18ClN5OS. The van der Waals surface area contributed by atoms with Crippen LogP contribution in [0.1, 0.15) is 26.7 Å². The van der Waals surface area contributed by atoms with Crippen LogP contribution < -0.4 is 5.32 Å². The van der Waals surface area contributed by atoms with Crippen molar-refractivity contribution in [3.8, 4) is 5.69 Å². The maximum atomic E-state index is 11.9. The first-order valence-electron chi connectivity index (χ1n) is 7.06. The van der Waals surface area contributed by atoms with E-state index in [0.29, 0.717) is 10.2 Å². The molecule has 0 fully saturated rings. The van der Waals surface area contributed by atoms with E-state index in [9.17, 15) is 4.79 Å². The van der Waals surface area contributed by atoms with Crippen molar-refractivity contribution in [3.05, 3.63) is 29.3 Å². The minimum atomic E-state index is -0.0170. The van der Waals surface area contributed by atoms with Gasteiger partial charge in [0.2, 0.25) is 11.1 Å². The molecular weight excluding hydrogens is 322 g/mol. The van der Waals surface area contributed by atoms with Crippen LogP contribution in [0.5, 0.6) is 0 Å². The number of halogens is 1. The lowest BCUT2D eigenvalue weighted by Gasteiger charge is -2.12. The number of aromatic nitrogens is 4. The summed E-state index contributed by atoms with van der Waals surface area (Å²) in [4.78, 5) is 11.9. The molecule has 1 aromatic carbocycles. The Morgan fingerprint density at radius 3 is 2.82 bits per heavy atom. The largest absolute Gasteiger partial charge is 0.353 e. The molecule has 1 N–H and O–H groups in total. The Labute approximate surface area is 138 Å². The monoisotopic (exact) mass is 339 g/mol. The predicted molar refractivity (Wildman–Crippen MR) is 87.4 cm³/mol. The first-order chi connectivity index (χ1) is 10.6. The normalized spacial score (nSPS) is 12.1. The molecule has 0 aliphatic rings. The number of amides is 1. The molecule has 6 nitrogen and oxygen atoms in total. The number of benzene rings is 1. The molecule has 0 saturated carbocycles. The summed E-state index contributed by atoms with van der Waals surface area (Å²) in [6.07, 6.45) is 2.02. The van der Waals surface area contributed by atoms with Crippen molar-refractivity contribution in [1.29, 1.82) is 0 Å². The molecule has 22 heavy (non-hydrogen) atoms. The van der Waals surface area contributed by atoms with Crippen LogP contribution in [0.15, 0.2) is 29.4 Å². The van der Waals surface area contributed by atoms with Crippen LogP contribution in [0, 0.1) is 0 Å². The first kappa shape index (κ1) is 16.8. The molecule has 118 valence electrons. The molecule has 1 amide bonds. The van der Waals surface area contributed by atoms with Gasteiger partial charge in [-0.15, -0.1) is 5.10 Å². The van der Waals surface area contributed by atoms with E-state index in [2.05, 4.69) is 27.8 Å². The Bertz CT molecular complexity index is 616. The summed E-state index contributed by atoms with van der Waals surface area (Å²) in [5, 5.41) is 15.7. The highest BCUT2D eigenvalue weighted by Gasteiger charge is 2.12. The fourth-order valence-corrected chi connectivity index (χ4v) is 2.79. The van der Waals surface area contributed by atoms with E-state index in [-0.39, 0.29) is 17.7 Å². The molecule has 1 aromatic heterocycles. The SMILES string of the molecule is CCC[C@@H](C)NC(=O)CSc1nnnn1-c1ccc(Cl)cc1. The summed E-state index contributed by atoms with van der Waals surface area (Å²) >= 11 is 7.17. The van der Waals surface area contributed by atoms with E-state index >= 15 is 0 Å².